The fraction of sp³-hybridized carbons (Fsp3) is 0.308. The van der Waals surface area contributed by atoms with Crippen molar-refractivity contribution in [1.82, 2.24) is 5.10 Å². The fourth-order valence-corrected chi connectivity index (χ4v) is 1.99. The van der Waals surface area contributed by atoms with Gasteiger partial charge in [0.2, 0.25) is 11.4 Å². The summed E-state index contributed by atoms with van der Waals surface area (Å²) in [5.74, 6) is 0. The van der Waals surface area contributed by atoms with Crippen LogP contribution in [0.4, 0.5) is 5.69 Å². The van der Waals surface area contributed by atoms with Crippen LogP contribution in [0.15, 0.2) is 29.4 Å². The number of nitrogens with zero attached hydrogens (tertiary/aromatic N) is 2. The van der Waals surface area contributed by atoms with E-state index >= 15 is 0 Å². The highest BCUT2D eigenvalue weighted by Crippen LogP contribution is 2.18. The van der Waals surface area contributed by atoms with Crippen molar-refractivity contribution in [2.75, 3.05) is 0 Å². The molecule has 0 aliphatic heterocycles. The molecule has 4 nitrogen and oxygen atoms in total. The average molecular weight is 230 g/mol. The molecule has 0 aliphatic rings. The largest absolute Gasteiger partial charge is 0.234 e. The molecule has 4 heteroatoms. The topological polar surface area (TPSA) is 49.1 Å². The van der Waals surface area contributed by atoms with Crippen LogP contribution in [-0.4, -0.2) is 5.10 Å². The van der Waals surface area contributed by atoms with Crippen molar-refractivity contribution in [2.45, 2.75) is 27.3 Å². The van der Waals surface area contributed by atoms with E-state index in [-0.39, 0.29) is 0 Å². The van der Waals surface area contributed by atoms with E-state index in [1.54, 1.807) is 0 Å². The molecule has 1 aromatic carbocycles. The molecule has 1 heterocycles. The maximum atomic E-state index is 10.7. The Morgan fingerprint density at radius 1 is 1.24 bits per heavy atom. The lowest BCUT2D eigenvalue weighted by atomic mass is 10.1. The van der Waals surface area contributed by atoms with Gasteiger partial charge in [0.1, 0.15) is 5.69 Å². The second-order valence-electron chi connectivity index (χ2n) is 4.27. The first kappa shape index (κ1) is 11.5. The van der Waals surface area contributed by atoms with Crippen molar-refractivity contribution in [3.8, 4) is 0 Å². The van der Waals surface area contributed by atoms with E-state index < -0.39 is 0 Å². The van der Waals surface area contributed by atoms with Gasteiger partial charge in [-0.05, 0) is 24.6 Å². The predicted octanol–water partition coefficient (Wildman–Crippen LogP) is 2.67. The van der Waals surface area contributed by atoms with E-state index in [1.165, 1.54) is 11.1 Å². The number of hydrogen-bond donors (Lipinski definition) is 1. The van der Waals surface area contributed by atoms with Crippen molar-refractivity contribution >= 4 is 5.69 Å². The van der Waals surface area contributed by atoms with Crippen LogP contribution in [0.2, 0.25) is 0 Å². The normalized spacial score (nSPS) is 10.5. The van der Waals surface area contributed by atoms with Gasteiger partial charge in [-0.1, -0.05) is 24.3 Å². The highest BCUT2D eigenvalue weighted by molar-refractivity contribution is 5.42. The van der Waals surface area contributed by atoms with Crippen molar-refractivity contribution < 1.29 is 4.68 Å². The van der Waals surface area contributed by atoms with E-state index in [0.717, 1.165) is 17.9 Å². The zero-order valence-corrected chi connectivity index (χ0v) is 10.3. The zero-order valence-electron chi connectivity index (χ0n) is 10.3. The van der Waals surface area contributed by atoms with Crippen LogP contribution in [0.5, 0.6) is 0 Å². The van der Waals surface area contributed by atoms with Crippen molar-refractivity contribution in [3.05, 3.63) is 51.7 Å². The lowest BCUT2D eigenvalue weighted by molar-refractivity contribution is -0.747. The Bertz CT molecular complexity index is 558. The molecule has 0 fully saturated rings. The van der Waals surface area contributed by atoms with Gasteiger partial charge in [-0.15, -0.1) is 9.59 Å². The highest BCUT2D eigenvalue weighted by Gasteiger charge is 2.20. The van der Waals surface area contributed by atoms with Crippen LogP contribution >= 0.6 is 0 Å². The quantitative estimate of drug-likeness (QED) is 0.639. The summed E-state index contributed by atoms with van der Waals surface area (Å²) in [4.78, 5) is 10.7. The summed E-state index contributed by atoms with van der Waals surface area (Å²) in [7, 11) is 0. The smallest absolute Gasteiger partial charge is 0.167 e. The number of benzene rings is 1. The summed E-state index contributed by atoms with van der Waals surface area (Å²) < 4.78 is 1.95. The Labute approximate surface area is 100 Å². The zero-order chi connectivity index (χ0) is 12.4. The second-order valence-corrected chi connectivity index (χ2v) is 4.27. The maximum Gasteiger partial charge on any atom is 0.234 e. The molecular formula is C13H16N3O+. The van der Waals surface area contributed by atoms with E-state index in [1.807, 2.05) is 30.7 Å². The molecule has 17 heavy (non-hydrogen) atoms. The number of aromatic nitrogens is 2. The Balaban J connectivity index is 2.37. The molecule has 0 atom stereocenters. The van der Waals surface area contributed by atoms with E-state index in [2.05, 4.69) is 29.3 Å². The number of nitrogens with one attached hydrogen (secondary N) is 1. The first-order valence-electron chi connectivity index (χ1n) is 5.60. The number of aryl methyl sites for hydroxylation is 2. The lowest BCUT2D eigenvalue weighted by Gasteiger charge is -2.00. The number of H-pyrrole nitrogens is 1. The first-order valence-corrected chi connectivity index (χ1v) is 5.60. The van der Waals surface area contributed by atoms with Crippen LogP contribution < -0.4 is 4.68 Å². The molecule has 2 aromatic rings. The summed E-state index contributed by atoms with van der Waals surface area (Å²) in [6, 6.07) is 8.22. The average Bonchev–Trinajstić information content (AvgIpc) is 2.57. The Kier molecular flexibility index (Phi) is 3.04. The van der Waals surface area contributed by atoms with Gasteiger partial charge < -0.3 is 0 Å². The molecule has 88 valence electrons. The third-order valence-corrected chi connectivity index (χ3v) is 3.09. The van der Waals surface area contributed by atoms with Gasteiger partial charge in [0.15, 0.2) is 6.54 Å². The molecule has 0 saturated carbocycles. The Hall–Kier alpha value is -1.97. The van der Waals surface area contributed by atoms with E-state index in [9.17, 15) is 4.91 Å². The molecule has 0 radical (unpaired) electrons. The molecule has 0 amide bonds. The van der Waals surface area contributed by atoms with Crippen molar-refractivity contribution in [2.24, 2.45) is 5.18 Å². The van der Waals surface area contributed by atoms with Gasteiger partial charge in [-0.2, -0.15) is 5.10 Å². The molecule has 2 rings (SSSR count). The molecule has 0 aliphatic carbocycles. The molecule has 0 unspecified atom stereocenters. The first-order chi connectivity index (χ1) is 8.13. The Morgan fingerprint density at radius 2 is 1.94 bits per heavy atom. The molecule has 1 aromatic heterocycles. The van der Waals surface area contributed by atoms with Crippen LogP contribution in [-0.2, 0) is 6.54 Å². The Morgan fingerprint density at radius 3 is 2.53 bits per heavy atom. The summed E-state index contributed by atoms with van der Waals surface area (Å²) in [6.45, 7) is 6.57. The minimum absolute atomic E-state index is 0.513. The van der Waals surface area contributed by atoms with E-state index in [0.29, 0.717) is 5.69 Å². The summed E-state index contributed by atoms with van der Waals surface area (Å²) >= 11 is 0. The number of aromatic amines is 1. The SMILES string of the molecule is Cc1ccccc1C[n+]1[nH]c(C)c(N=O)c1C. The minimum Gasteiger partial charge on any atom is -0.167 e. The molecular weight excluding hydrogens is 214 g/mol. The summed E-state index contributed by atoms with van der Waals surface area (Å²) in [5, 5.41) is 6.21. The highest BCUT2D eigenvalue weighted by atomic mass is 16.3. The molecule has 1 N–H and O–H groups in total. The van der Waals surface area contributed by atoms with Gasteiger partial charge in [0.25, 0.3) is 0 Å². The number of rotatable bonds is 3. The van der Waals surface area contributed by atoms with E-state index in [4.69, 9.17) is 0 Å². The molecule has 0 saturated heterocycles. The van der Waals surface area contributed by atoms with Crippen molar-refractivity contribution in [3.63, 3.8) is 0 Å². The third-order valence-electron chi connectivity index (χ3n) is 3.09. The van der Waals surface area contributed by atoms with Gasteiger partial charge >= 0.3 is 0 Å². The van der Waals surface area contributed by atoms with Crippen LogP contribution in [0.3, 0.4) is 0 Å². The predicted molar refractivity (Wildman–Crippen MR) is 66.2 cm³/mol. The third kappa shape index (κ3) is 2.11. The van der Waals surface area contributed by atoms with Gasteiger partial charge in [0.05, 0.1) is 0 Å². The van der Waals surface area contributed by atoms with Crippen LogP contribution in [0.25, 0.3) is 0 Å². The standard InChI is InChI=1S/C13H15N3O/c1-9-6-4-5-7-12(9)8-16-11(3)13(15-17)10(2)14-16/h4-7H,8H2,1-3H3/p+1. The minimum atomic E-state index is 0.513. The fourth-order valence-electron chi connectivity index (χ4n) is 1.99. The van der Waals surface area contributed by atoms with Gasteiger partial charge in [-0.3, -0.25) is 0 Å². The maximum absolute atomic E-state index is 10.7. The summed E-state index contributed by atoms with van der Waals surface area (Å²) in [6.07, 6.45) is 0. The second kappa shape index (κ2) is 4.49. The number of hydrogen-bond acceptors (Lipinski definition) is 2. The van der Waals surface area contributed by atoms with Crippen LogP contribution in [0, 0.1) is 25.7 Å². The van der Waals surface area contributed by atoms with Gasteiger partial charge in [0, 0.05) is 12.5 Å². The molecule has 0 spiro atoms. The lowest BCUT2D eigenvalue weighted by Crippen LogP contribution is -2.39. The summed E-state index contributed by atoms with van der Waals surface area (Å²) in [5.41, 5.74) is 4.68. The van der Waals surface area contributed by atoms with Gasteiger partial charge in [-0.25, -0.2) is 0 Å². The van der Waals surface area contributed by atoms with Crippen molar-refractivity contribution in [1.29, 1.82) is 0 Å². The van der Waals surface area contributed by atoms with Crippen LogP contribution in [0.1, 0.15) is 22.5 Å². The molecule has 0 bridgehead atoms. The number of nitroso groups, excluding NO2 is 1. The monoisotopic (exact) mass is 230 g/mol.